The van der Waals surface area contributed by atoms with Gasteiger partial charge in [0.25, 0.3) is 0 Å². The minimum absolute atomic E-state index is 0.351. The summed E-state index contributed by atoms with van der Waals surface area (Å²) in [5.74, 6) is -1.88. The first-order chi connectivity index (χ1) is 15.5. The number of imide groups is 1. The zero-order chi connectivity index (χ0) is 22.3. The Hall–Kier alpha value is -2.82. The van der Waals surface area contributed by atoms with E-state index >= 15 is 0 Å². The Bertz CT molecular complexity index is 1180. The number of benzene rings is 3. The molecule has 2 bridgehead atoms. The minimum atomic E-state index is -1.18. The summed E-state index contributed by atoms with van der Waals surface area (Å²) in [6.07, 6.45) is 0. The van der Waals surface area contributed by atoms with E-state index in [0.717, 1.165) is 22.3 Å². The quantitative estimate of drug-likeness (QED) is 0.396. The fraction of sp³-hybridized carbons (Fsp3) is 0.231. The van der Waals surface area contributed by atoms with E-state index in [0.29, 0.717) is 18.0 Å². The summed E-state index contributed by atoms with van der Waals surface area (Å²) in [6.45, 7) is 2.27. The van der Waals surface area contributed by atoms with Crippen LogP contribution in [0.2, 0.25) is 0 Å². The van der Waals surface area contributed by atoms with Gasteiger partial charge in [-0.25, -0.2) is 4.90 Å². The smallest absolute Gasteiger partial charge is 0.240 e. The topological polar surface area (TPSA) is 46.6 Å². The first-order valence-electron chi connectivity index (χ1n) is 10.6. The number of carbonyl (C=O) groups excluding carboxylic acids is 2. The van der Waals surface area contributed by atoms with E-state index in [4.69, 9.17) is 27.9 Å². The molecule has 32 heavy (non-hydrogen) atoms. The van der Waals surface area contributed by atoms with Crippen LogP contribution in [0.25, 0.3) is 0 Å². The second kappa shape index (κ2) is 6.60. The predicted molar refractivity (Wildman–Crippen MR) is 123 cm³/mol. The highest BCUT2D eigenvalue weighted by Gasteiger charge is 2.73. The van der Waals surface area contributed by atoms with Crippen molar-refractivity contribution >= 4 is 40.7 Å². The number of anilines is 1. The van der Waals surface area contributed by atoms with Crippen LogP contribution in [0.4, 0.5) is 5.69 Å². The van der Waals surface area contributed by atoms with Gasteiger partial charge in [0.05, 0.1) is 24.1 Å². The molecule has 160 valence electrons. The number of alkyl halides is 2. The summed E-state index contributed by atoms with van der Waals surface area (Å²) >= 11 is 14.9. The van der Waals surface area contributed by atoms with E-state index in [9.17, 15) is 9.59 Å². The van der Waals surface area contributed by atoms with Gasteiger partial charge >= 0.3 is 0 Å². The lowest BCUT2D eigenvalue weighted by atomic mass is 9.54. The standard InChI is InChI=1S/C26H19Cl2NO3/c1-2-32-20-14-8-7-13-19(20)29-23(30)21-22(24(29)31)26(28)16-10-4-3-9-15(16)25(21,27)17-11-5-6-12-18(17)26/h3-14,21-22H,2H2,1H3/t21-,22-,25?,26?/m1/s1. The van der Waals surface area contributed by atoms with Crippen molar-refractivity contribution in [3.8, 4) is 5.75 Å². The molecule has 0 radical (unpaired) electrons. The van der Waals surface area contributed by atoms with Crippen LogP contribution in [-0.4, -0.2) is 18.4 Å². The number of ether oxygens (including phenoxy) is 1. The molecule has 7 rings (SSSR count). The molecular formula is C26H19Cl2NO3. The van der Waals surface area contributed by atoms with E-state index in [1.54, 1.807) is 18.2 Å². The molecule has 6 heteroatoms. The molecule has 3 aromatic carbocycles. The number of carbonyl (C=O) groups is 2. The van der Waals surface area contributed by atoms with E-state index in [1.807, 2.05) is 61.5 Å². The van der Waals surface area contributed by atoms with Crippen molar-refractivity contribution < 1.29 is 14.3 Å². The Kier molecular flexibility index (Phi) is 4.09. The van der Waals surface area contributed by atoms with E-state index < -0.39 is 21.6 Å². The Labute approximate surface area is 195 Å². The first-order valence-corrected chi connectivity index (χ1v) is 11.4. The maximum absolute atomic E-state index is 14.0. The maximum Gasteiger partial charge on any atom is 0.240 e. The number of hydrogen-bond acceptors (Lipinski definition) is 3. The van der Waals surface area contributed by atoms with Gasteiger partial charge in [-0.2, -0.15) is 0 Å². The number of para-hydroxylation sites is 2. The van der Waals surface area contributed by atoms with Crippen molar-refractivity contribution in [3.63, 3.8) is 0 Å². The van der Waals surface area contributed by atoms with Gasteiger partial charge in [-0.1, -0.05) is 60.7 Å². The third kappa shape index (κ3) is 2.15. The molecule has 0 unspecified atom stereocenters. The van der Waals surface area contributed by atoms with Crippen molar-refractivity contribution in [3.05, 3.63) is 95.1 Å². The zero-order valence-corrected chi connectivity index (χ0v) is 18.7. The second-order valence-corrected chi connectivity index (χ2v) is 9.58. The van der Waals surface area contributed by atoms with E-state index in [2.05, 4.69) is 0 Å². The van der Waals surface area contributed by atoms with E-state index in [-0.39, 0.29) is 11.8 Å². The molecule has 0 spiro atoms. The Morgan fingerprint density at radius 3 is 1.59 bits per heavy atom. The van der Waals surface area contributed by atoms with Gasteiger partial charge in [0.15, 0.2) is 0 Å². The summed E-state index contributed by atoms with van der Waals surface area (Å²) in [6, 6.07) is 22.3. The molecule has 3 aromatic rings. The first kappa shape index (κ1) is 19.8. The van der Waals surface area contributed by atoms with Crippen molar-refractivity contribution in [2.24, 2.45) is 11.8 Å². The number of hydrogen-bond donors (Lipinski definition) is 0. The van der Waals surface area contributed by atoms with Gasteiger partial charge in [0, 0.05) is 0 Å². The normalized spacial score (nSPS) is 29.5. The Balaban J connectivity index is 1.63. The molecule has 1 saturated heterocycles. The van der Waals surface area contributed by atoms with Crippen molar-refractivity contribution in [1.82, 2.24) is 0 Å². The largest absolute Gasteiger partial charge is 0.492 e. The molecule has 0 aromatic heterocycles. The minimum Gasteiger partial charge on any atom is -0.492 e. The fourth-order valence-electron chi connectivity index (χ4n) is 5.82. The zero-order valence-electron chi connectivity index (χ0n) is 17.2. The fourth-order valence-corrected chi connectivity index (χ4v) is 6.92. The number of rotatable bonds is 3. The second-order valence-electron chi connectivity index (χ2n) is 8.38. The predicted octanol–water partition coefficient (Wildman–Crippen LogP) is 5.18. The van der Waals surface area contributed by atoms with Gasteiger partial charge in [-0.05, 0) is 41.3 Å². The van der Waals surface area contributed by atoms with Gasteiger partial charge < -0.3 is 4.74 Å². The molecule has 3 aliphatic carbocycles. The Morgan fingerprint density at radius 1 is 0.750 bits per heavy atom. The highest BCUT2D eigenvalue weighted by Crippen LogP contribution is 2.69. The maximum atomic E-state index is 14.0. The van der Waals surface area contributed by atoms with Gasteiger partial charge in [-0.15, -0.1) is 23.2 Å². The van der Waals surface area contributed by atoms with Crippen LogP contribution in [0.5, 0.6) is 5.75 Å². The van der Waals surface area contributed by atoms with Crippen molar-refractivity contribution in [2.75, 3.05) is 11.5 Å². The third-order valence-electron chi connectivity index (χ3n) is 6.99. The van der Waals surface area contributed by atoms with Gasteiger partial charge in [-0.3, -0.25) is 9.59 Å². The summed E-state index contributed by atoms with van der Waals surface area (Å²) in [7, 11) is 0. The van der Waals surface area contributed by atoms with Gasteiger partial charge in [0.2, 0.25) is 11.8 Å². The molecule has 0 N–H and O–H groups in total. The molecule has 1 heterocycles. The molecule has 1 fully saturated rings. The number of amides is 2. The molecule has 2 amide bonds. The van der Waals surface area contributed by atoms with Crippen LogP contribution in [0.15, 0.2) is 72.8 Å². The summed E-state index contributed by atoms with van der Waals surface area (Å²) in [5, 5.41) is 0. The van der Waals surface area contributed by atoms with E-state index in [1.165, 1.54) is 4.90 Å². The average molecular weight is 464 g/mol. The summed E-state index contributed by atoms with van der Waals surface area (Å²) in [5.41, 5.74) is 3.58. The van der Waals surface area contributed by atoms with Crippen molar-refractivity contribution in [1.29, 1.82) is 0 Å². The van der Waals surface area contributed by atoms with Crippen LogP contribution < -0.4 is 9.64 Å². The lowest BCUT2D eigenvalue weighted by Crippen LogP contribution is -2.57. The number of halogens is 2. The highest BCUT2D eigenvalue weighted by molar-refractivity contribution is 6.38. The molecule has 4 nitrogen and oxygen atoms in total. The Morgan fingerprint density at radius 2 is 1.16 bits per heavy atom. The lowest BCUT2D eigenvalue weighted by molar-refractivity contribution is -0.122. The SMILES string of the molecule is CCOc1ccccc1N1C(=O)[C@H]2[C@H](C1=O)C1(Cl)c3ccccc3C2(Cl)c2ccccc21. The third-order valence-corrected chi connectivity index (χ3v) is 8.28. The van der Waals surface area contributed by atoms with Crippen LogP contribution in [0.3, 0.4) is 0 Å². The summed E-state index contributed by atoms with van der Waals surface area (Å²) < 4.78 is 5.73. The van der Waals surface area contributed by atoms with Crippen LogP contribution in [0, 0.1) is 11.8 Å². The van der Waals surface area contributed by atoms with Crippen LogP contribution in [-0.2, 0) is 19.3 Å². The van der Waals surface area contributed by atoms with Crippen LogP contribution >= 0.6 is 23.2 Å². The molecular weight excluding hydrogens is 445 g/mol. The van der Waals surface area contributed by atoms with Crippen LogP contribution in [0.1, 0.15) is 29.2 Å². The summed E-state index contributed by atoms with van der Waals surface area (Å²) in [4.78, 5) is 26.8. The van der Waals surface area contributed by atoms with Crippen molar-refractivity contribution in [2.45, 2.75) is 16.7 Å². The monoisotopic (exact) mass is 463 g/mol. The highest BCUT2D eigenvalue weighted by atomic mass is 35.5. The average Bonchev–Trinajstić information content (AvgIpc) is 3.09. The number of nitrogens with zero attached hydrogens (tertiary/aromatic N) is 1. The lowest BCUT2D eigenvalue weighted by Gasteiger charge is -2.54. The molecule has 4 aliphatic rings. The molecule has 1 aliphatic heterocycles. The molecule has 0 saturated carbocycles. The molecule has 2 atom stereocenters. The van der Waals surface area contributed by atoms with Gasteiger partial charge in [0.1, 0.15) is 15.5 Å².